The Bertz CT molecular complexity index is 1310. The molecule has 0 radical (unpaired) electrons. The van der Waals surface area contributed by atoms with Gasteiger partial charge in [-0.15, -0.1) is 10.2 Å². The van der Waals surface area contributed by atoms with Crippen LogP contribution >= 0.6 is 0 Å². The van der Waals surface area contributed by atoms with Crippen LogP contribution in [0.2, 0.25) is 0 Å². The zero-order valence-corrected chi connectivity index (χ0v) is 20.3. The maximum absolute atomic E-state index is 10.6. The van der Waals surface area contributed by atoms with E-state index < -0.39 is 0 Å². The highest BCUT2D eigenvalue weighted by atomic mass is 16.3. The average molecular weight is 458 g/mol. The summed E-state index contributed by atoms with van der Waals surface area (Å²) in [5, 5.41) is 23.3. The van der Waals surface area contributed by atoms with Crippen LogP contribution < -0.4 is 10.2 Å². The molecule has 8 nitrogen and oxygen atoms in total. The molecule has 1 aromatic carbocycles. The number of phenolic OH excluding ortho intramolecular Hbond substituents is 1. The predicted molar refractivity (Wildman–Crippen MR) is 134 cm³/mol. The minimum atomic E-state index is 0.0498. The maximum atomic E-state index is 10.6. The molecule has 0 unspecified atom stereocenters. The van der Waals surface area contributed by atoms with Gasteiger partial charge < -0.3 is 15.3 Å². The minimum Gasteiger partial charge on any atom is -0.507 e. The molecule has 0 atom stereocenters. The first-order chi connectivity index (χ1) is 16.1. The summed E-state index contributed by atoms with van der Waals surface area (Å²) in [7, 11) is 2.09. The fourth-order valence-electron chi connectivity index (χ4n) is 5.34. The maximum Gasteiger partial charge on any atom is 0.155 e. The van der Waals surface area contributed by atoms with E-state index in [1.807, 2.05) is 34.9 Å². The third kappa shape index (κ3) is 4.21. The van der Waals surface area contributed by atoms with E-state index >= 15 is 0 Å². The van der Waals surface area contributed by atoms with Crippen LogP contribution in [0.15, 0.2) is 55.1 Å². The van der Waals surface area contributed by atoms with Gasteiger partial charge in [-0.2, -0.15) is 0 Å². The number of fused-ring (bicyclic) bond motifs is 1. The second kappa shape index (κ2) is 8.06. The van der Waals surface area contributed by atoms with Crippen LogP contribution in [0, 0.1) is 0 Å². The van der Waals surface area contributed by atoms with Crippen LogP contribution in [0.5, 0.6) is 5.75 Å². The number of aromatic nitrogens is 5. The van der Waals surface area contributed by atoms with E-state index in [0.717, 1.165) is 35.6 Å². The molecule has 1 saturated heterocycles. The number of nitrogens with one attached hydrogen (secondary N) is 1. The fraction of sp³-hybridized carbons (Fsp3) is 0.385. The van der Waals surface area contributed by atoms with Crippen molar-refractivity contribution in [3.8, 4) is 28.3 Å². The van der Waals surface area contributed by atoms with Crippen LogP contribution in [0.25, 0.3) is 28.2 Å². The number of anilines is 1. The highest BCUT2D eigenvalue weighted by Crippen LogP contribution is 2.35. The molecule has 176 valence electrons. The van der Waals surface area contributed by atoms with Crippen LogP contribution in [-0.4, -0.2) is 53.8 Å². The van der Waals surface area contributed by atoms with Gasteiger partial charge in [-0.05, 0) is 70.9 Å². The highest BCUT2D eigenvalue weighted by Gasteiger charge is 2.39. The lowest BCUT2D eigenvalue weighted by molar-refractivity contribution is 0.160. The first-order valence-corrected chi connectivity index (χ1v) is 11.6. The second-order valence-electron chi connectivity index (χ2n) is 10.5. The molecule has 34 heavy (non-hydrogen) atoms. The SMILES string of the molecule is CN(c1ccc(-c2cc(-c3cnc4cnccn34)ccc2O)nn1)C1CC(C)(C)NC(C)(C)C1. The molecule has 0 aliphatic carbocycles. The number of phenols is 1. The summed E-state index contributed by atoms with van der Waals surface area (Å²) in [6.07, 6.45) is 9.17. The Morgan fingerprint density at radius 2 is 1.79 bits per heavy atom. The lowest BCUT2D eigenvalue weighted by Gasteiger charge is -2.49. The summed E-state index contributed by atoms with van der Waals surface area (Å²) in [5.41, 5.74) is 3.96. The van der Waals surface area contributed by atoms with Crippen molar-refractivity contribution >= 4 is 11.5 Å². The summed E-state index contributed by atoms with van der Waals surface area (Å²) in [6, 6.07) is 9.74. The summed E-state index contributed by atoms with van der Waals surface area (Å²) in [6.45, 7) is 9.00. The van der Waals surface area contributed by atoms with Crippen molar-refractivity contribution in [2.24, 2.45) is 0 Å². The van der Waals surface area contributed by atoms with Crippen LogP contribution in [-0.2, 0) is 0 Å². The lowest BCUT2D eigenvalue weighted by atomic mass is 9.79. The number of aromatic hydroxyl groups is 1. The van der Waals surface area contributed by atoms with Gasteiger partial charge in [-0.3, -0.25) is 9.38 Å². The molecule has 3 aromatic heterocycles. The standard InChI is InChI=1S/C26H31N7O/c1-25(2)13-18(14-26(3,4)31-25)32(5)23-9-7-20(29-30-23)19-12-17(6-8-22(19)34)21-15-28-24-16-27-10-11-33(21)24/h6-12,15-16,18,31,34H,13-14H2,1-5H3. The Morgan fingerprint density at radius 1 is 1.03 bits per heavy atom. The van der Waals surface area contributed by atoms with Gasteiger partial charge in [0, 0.05) is 47.7 Å². The summed E-state index contributed by atoms with van der Waals surface area (Å²) >= 11 is 0. The number of benzene rings is 1. The Balaban J connectivity index is 1.43. The van der Waals surface area contributed by atoms with Crippen molar-refractivity contribution in [2.75, 3.05) is 11.9 Å². The van der Waals surface area contributed by atoms with E-state index in [1.165, 1.54) is 0 Å². The molecule has 1 fully saturated rings. The molecule has 0 bridgehead atoms. The third-order valence-electron chi connectivity index (χ3n) is 6.61. The van der Waals surface area contributed by atoms with Crippen molar-refractivity contribution < 1.29 is 5.11 Å². The molecule has 1 aliphatic rings. The van der Waals surface area contributed by atoms with E-state index in [2.05, 4.69) is 65.1 Å². The van der Waals surface area contributed by atoms with E-state index in [4.69, 9.17) is 0 Å². The van der Waals surface area contributed by atoms with E-state index in [1.54, 1.807) is 24.7 Å². The number of nitrogens with zero attached hydrogens (tertiary/aromatic N) is 6. The molecular formula is C26H31N7O. The van der Waals surface area contributed by atoms with Gasteiger partial charge in [-0.25, -0.2) is 4.98 Å². The third-order valence-corrected chi connectivity index (χ3v) is 6.61. The van der Waals surface area contributed by atoms with Crippen LogP contribution in [0.3, 0.4) is 0 Å². The number of hydrogen-bond acceptors (Lipinski definition) is 7. The molecule has 0 spiro atoms. The monoisotopic (exact) mass is 457 g/mol. The Labute approximate surface area is 199 Å². The van der Waals surface area contributed by atoms with E-state index in [0.29, 0.717) is 17.3 Å². The Hall–Kier alpha value is -3.52. The average Bonchev–Trinajstić information content (AvgIpc) is 3.21. The molecule has 4 heterocycles. The van der Waals surface area contributed by atoms with Gasteiger partial charge in [0.05, 0.1) is 23.8 Å². The van der Waals surface area contributed by atoms with Crippen molar-refractivity contribution in [1.82, 2.24) is 29.9 Å². The van der Waals surface area contributed by atoms with Crippen molar-refractivity contribution in [3.63, 3.8) is 0 Å². The van der Waals surface area contributed by atoms with Crippen LogP contribution in [0.1, 0.15) is 40.5 Å². The van der Waals surface area contributed by atoms with Crippen LogP contribution in [0.4, 0.5) is 5.82 Å². The van der Waals surface area contributed by atoms with E-state index in [9.17, 15) is 5.11 Å². The van der Waals surface area contributed by atoms with Crippen molar-refractivity contribution in [1.29, 1.82) is 0 Å². The molecule has 0 amide bonds. The minimum absolute atomic E-state index is 0.0498. The molecule has 1 aliphatic heterocycles. The molecule has 5 rings (SSSR count). The van der Waals surface area contributed by atoms with Gasteiger partial charge in [0.15, 0.2) is 11.5 Å². The topological polar surface area (TPSA) is 91.5 Å². The zero-order chi connectivity index (χ0) is 24.1. The normalized spacial score (nSPS) is 17.7. The van der Waals surface area contributed by atoms with Gasteiger partial charge >= 0.3 is 0 Å². The Morgan fingerprint density at radius 3 is 2.50 bits per heavy atom. The number of imidazole rings is 1. The van der Waals surface area contributed by atoms with Gasteiger partial charge in [0.2, 0.25) is 0 Å². The number of hydrogen-bond donors (Lipinski definition) is 2. The molecule has 2 N–H and O–H groups in total. The molecule has 4 aromatic rings. The van der Waals surface area contributed by atoms with Crippen molar-refractivity contribution in [3.05, 3.63) is 55.1 Å². The molecular weight excluding hydrogens is 426 g/mol. The summed E-state index contributed by atoms with van der Waals surface area (Å²) < 4.78 is 1.97. The first-order valence-electron chi connectivity index (χ1n) is 11.6. The number of rotatable bonds is 4. The zero-order valence-electron chi connectivity index (χ0n) is 20.3. The summed E-state index contributed by atoms with van der Waals surface area (Å²) in [5.74, 6) is 0.990. The van der Waals surface area contributed by atoms with Gasteiger partial charge in [-0.1, -0.05) is 0 Å². The predicted octanol–water partition coefficient (Wildman–Crippen LogP) is 4.30. The molecule has 0 saturated carbocycles. The smallest absolute Gasteiger partial charge is 0.155 e. The second-order valence-corrected chi connectivity index (χ2v) is 10.5. The first kappa shape index (κ1) is 22.3. The Kier molecular flexibility index (Phi) is 5.28. The van der Waals surface area contributed by atoms with Crippen molar-refractivity contribution in [2.45, 2.75) is 57.7 Å². The lowest BCUT2D eigenvalue weighted by Crippen LogP contribution is -2.62. The molecule has 8 heteroatoms. The quantitative estimate of drug-likeness (QED) is 0.472. The highest BCUT2D eigenvalue weighted by molar-refractivity contribution is 5.75. The largest absolute Gasteiger partial charge is 0.507 e. The summed E-state index contributed by atoms with van der Waals surface area (Å²) in [4.78, 5) is 10.8. The van der Waals surface area contributed by atoms with E-state index in [-0.39, 0.29) is 16.8 Å². The van der Waals surface area contributed by atoms with Gasteiger partial charge in [0.25, 0.3) is 0 Å². The fourth-order valence-corrected chi connectivity index (χ4v) is 5.34. The van der Waals surface area contributed by atoms with Gasteiger partial charge in [0.1, 0.15) is 5.75 Å². The number of piperidine rings is 1.